The average molecular weight is 360 g/mol. The Bertz CT molecular complexity index is 849. The summed E-state index contributed by atoms with van der Waals surface area (Å²) >= 11 is 7.65. The lowest BCUT2D eigenvalue weighted by Crippen LogP contribution is -2.42. The number of nitrogens with zero attached hydrogens (tertiary/aromatic N) is 3. The lowest BCUT2D eigenvalue weighted by molar-refractivity contribution is 0.239. The van der Waals surface area contributed by atoms with E-state index in [1.165, 1.54) is 0 Å². The predicted octanol–water partition coefficient (Wildman–Crippen LogP) is 4.36. The number of benzene rings is 1. The van der Waals surface area contributed by atoms with Crippen molar-refractivity contribution in [3.63, 3.8) is 0 Å². The molecule has 2 aromatic heterocycles. The third-order valence-corrected chi connectivity index (χ3v) is 5.75. The van der Waals surface area contributed by atoms with Gasteiger partial charge in [0.1, 0.15) is 17.0 Å². The van der Waals surface area contributed by atoms with Gasteiger partial charge in [0.2, 0.25) is 0 Å². The zero-order valence-electron chi connectivity index (χ0n) is 13.2. The van der Waals surface area contributed by atoms with E-state index < -0.39 is 0 Å². The van der Waals surface area contributed by atoms with Crippen LogP contribution in [0.15, 0.2) is 36.0 Å². The summed E-state index contributed by atoms with van der Waals surface area (Å²) < 4.78 is 0. The number of aliphatic hydroxyl groups excluding tert-OH is 1. The van der Waals surface area contributed by atoms with Gasteiger partial charge in [-0.25, -0.2) is 9.97 Å². The monoisotopic (exact) mass is 359 g/mol. The number of hydrogen-bond acceptors (Lipinski definition) is 5. The third-order valence-electron chi connectivity index (χ3n) is 4.62. The van der Waals surface area contributed by atoms with E-state index in [-0.39, 0.29) is 12.6 Å². The molecule has 0 amide bonds. The molecule has 0 bridgehead atoms. The molecular formula is C18H18ClN3OS. The van der Waals surface area contributed by atoms with Crippen LogP contribution in [-0.4, -0.2) is 34.3 Å². The molecule has 1 unspecified atom stereocenters. The first-order valence-electron chi connectivity index (χ1n) is 8.13. The molecule has 4 nitrogen and oxygen atoms in total. The van der Waals surface area contributed by atoms with Crippen LogP contribution in [0.4, 0.5) is 5.82 Å². The van der Waals surface area contributed by atoms with Gasteiger partial charge in [-0.05, 0) is 37.0 Å². The van der Waals surface area contributed by atoms with Gasteiger partial charge in [-0.3, -0.25) is 0 Å². The first-order chi connectivity index (χ1) is 11.8. The summed E-state index contributed by atoms with van der Waals surface area (Å²) in [5.41, 5.74) is 2.24. The number of halogens is 1. The number of piperidine rings is 1. The van der Waals surface area contributed by atoms with Gasteiger partial charge in [-0.2, -0.15) is 0 Å². The molecular weight excluding hydrogens is 342 g/mol. The van der Waals surface area contributed by atoms with Gasteiger partial charge in [0, 0.05) is 22.5 Å². The number of rotatable bonds is 3. The molecule has 1 aliphatic rings. The Morgan fingerprint density at radius 1 is 1.21 bits per heavy atom. The van der Waals surface area contributed by atoms with E-state index in [0.717, 1.165) is 58.0 Å². The molecule has 1 saturated heterocycles. The minimum Gasteiger partial charge on any atom is -0.394 e. The SMILES string of the molecule is OCC1CCCCN1c1ncnc2scc(-c3ccc(Cl)cc3)c12. The second-order valence-corrected chi connectivity index (χ2v) is 7.35. The molecule has 1 aromatic carbocycles. The maximum Gasteiger partial charge on any atom is 0.141 e. The van der Waals surface area contributed by atoms with E-state index in [0.29, 0.717) is 0 Å². The number of fused-ring (bicyclic) bond motifs is 1. The molecule has 3 heterocycles. The van der Waals surface area contributed by atoms with Crippen LogP contribution in [0, 0.1) is 0 Å². The molecule has 4 rings (SSSR count). The summed E-state index contributed by atoms with van der Waals surface area (Å²) in [6.45, 7) is 1.08. The van der Waals surface area contributed by atoms with Crippen molar-refractivity contribution in [3.8, 4) is 11.1 Å². The molecule has 3 aromatic rings. The minimum atomic E-state index is 0.134. The van der Waals surface area contributed by atoms with Crippen LogP contribution in [0.1, 0.15) is 19.3 Å². The second kappa shape index (κ2) is 6.67. The van der Waals surface area contributed by atoms with Crippen molar-refractivity contribution < 1.29 is 5.11 Å². The fourth-order valence-electron chi connectivity index (χ4n) is 3.39. The molecule has 1 aliphatic heterocycles. The Morgan fingerprint density at radius 2 is 2.04 bits per heavy atom. The number of anilines is 1. The highest BCUT2D eigenvalue weighted by Crippen LogP contribution is 2.39. The van der Waals surface area contributed by atoms with Crippen molar-refractivity contribution >= 4 is 39.0 Å². The average Bonchev–Trinajstić information content (AvgIpc) is 3.06. The van der Waals surface area contributed by atoms with Crippen LogP contribution in [0.5, 0.6) is 0 Å². The van der Waals surface area contributed by atoms with Crippen LogP contribution >= 0.6 is 22.9 Å². The van der Waals surface area contributed by atoms with E-state index >= 15 is 0 Å². The quantitative estimate of drug-likeness (QED) is 0.754. The number of thiophene rings is 1. The molecule has 124 valence electrons. The Hall–Kier alpha value is -1.69. The highest BCUT2D eigenvalue weighted by Gasteiger charge is 2.26. The van der Waals surface area contributed by atoms with Gasteiger partial charge in [0.25, 0.3) is 0 Å². The van der Waals surface area contributed by atoms with E-state index in [4.69, 9.17) is 11.6 Å². The van der Waals surface area contributed by atoms with Crippen LogP contribution < -0.4 is 4.90 Å². The molecule has 0 saturated carbocycles. The molecule has 0 radical (unpaired) electrons. The summed E-state index contributed by atoms with van der Waals surface area (Å²) in [6, 6.07) is 8.00. The fraction of sp³-hybridized carbons (Fsp3) is 0.333. The van der Waals surface area contributed by atoms with Crippen LogP contribution in [0.2, 0.25) is 5.02 Å². The predicted molar refractivity (Wildman–Crippen MR) is 99.9 cm³/mol. The van der Waals surface area contributed by atoms with Crippen molar-refractivity contribution in [3.05, 3.63) is 41.0 Å². The standard InChI is InChI=1S/C18H18ClN3OS/c19-13-6-4-12(5-7-13)15-10-24-18-16(15)17(20-11-21-18)22-8-2-1-3-14(22)9-23/h4-7,10-11,14,23H,1-3,8-9H2. The van der Waals surface area contributed by atoms with Gasteiger partial charge in [0.05, 0.1) is 18.0 Å². The van der Waals surface area contributed by atoms with Gasteiger partial charge >= 0.3 is 0 Å². The summed E-state index contributed by atoms with van der Waals surface area (Å²) in [6.07, 6.45) is 4.91. The summed E-state index contributed by atoms with van der Waals surface area (Å²) in [5, 5.41) is 13.7. The Balaban J connectivity index is 1.87. The molecule has 1 N–H and O–H groups in total. The first kappa shape index (κ1) is 15.8. The van der Waals surface area contributed by atoms with Crippen molar-refractivity contribution in [1.82, 2.24) is 9.97 Å². The molecule has 0 spiro atoms. The summed E-state index contributed by atoms with van der Waals surface area (Å²) in [7, 11) is 0. The first-order valence-corrected chi connectivity index (χ1v) is 9.39. The largest absolute Gasteiger partial charge is 0.394 e. The maximum absolute atomic E-state index is 9.77. The van der Waals surface area contributed by atoms with Gasteiger partial charge < -0.3 is 10.0 Å². The van der Waals surface area contributed by atoms with Crippen molar-refractivity contribution in [1.29, 1.82) is 0 Å². The Kier molecular flexibility index (Phi) is 4.39. The van der Waals surface area contributed by atoms with Gasteiger partial charge in [0.15, 0.2) is 0 Å². The lowest BCUT2D eigenvalue weighted by atomic mass is 10.0. The summed E-state index contributed by atoms with van der Waals surface area (Å²) in [5.74, 6) is 0.935. The Morgan fingerprint density at radius 3 is 2.83 bits per heavy atom. The normalized spacial score (nSPS) is 18.2. The molecule has 6 heteroatoms. The van der Waals surface area contributed by atoms with Crippen molar-refractivity contribution in [2.45, 2.75) is 25.3 Å². The number of hydrogen-bond donors (Lipinski definition) is 1. The van der Waals surface area contributed by atoms with Crippen molar-refractivity contribution in [2.75, 3.05) is 18.1 Å². The topological polar surface area (TPSA) is 49.2 Å². The zero-order valence-corrected chi connectivity index (χ0v) is 14.7. The van der Waals surface area contributed by atoms with E-state index in [1.54, 1.807) is 17.7 Å². The van der Waals surface area contributed by atoms with E-state index in [9.17, 15) is 5.11 Å². The number of aliphatic hydroxyl groups is 1. The van der Waals surface area contributed by atoms with Gasteiger partial charge in [-0.15, -0.1) is 11.3 Å². The fourth-order valence-corrected chi connectivity index (χ4v) is 4.42. The lowest BCUT2D eigenvalue weighted by Gasteiger charge is -2.36. The smallest absolute Gasteiger partial charge is 0.141 e. The Labute approximate surface area is 149 Å². The van der Waals surface area contributed by atoms with Crippen molar-refractivity contribution in [2.24, 2.45) is 0 Å². The number of aromatic nitrogens is 2. The molecule has 0 aliphatic carbocycles. The van der Waals surface area contributed by atoms with Crippen LogP contribution in [0.3, 0.4) is 0 Å². The molecule has 1 fully saturated rings. The highest BCUT2D eigenvalue weighted by atomic mass is 35.5. The third kappa shape index (κ3) is 2.77. The van der Waals surface area contributed by atoms with Crippen LogP contribution in [0.25, 0.3) is 21.3 Å². The molecule has 24 heavy (non-hydrogen) atoms. The molecule has 1 atom stereocenters. The van der Waals surface area contributed by atoms with Crippen LogP contribution in [-0.2, 0) is 0 Å². The second-order valence-electron chi connectivity index (χ2n) is 6.06. The minimum absolute atomic E-state index is 0.134. The summed E-state index contributed by atoms with van der Waals surface area (Å²) in [4.78, 5) is 12.3. The van der Waals surface area contributed by atoms with E-state index in [2.05, 4.69) is 20.2 Å². The maximum atomic E-state index is 9.77. The zero-order chi connectivity index (χ0) is 16.5. The van der Waals surface area contributed by atoms with Gasteiger partial charge in [-0.1, -0.05) is 23.7 Å². The van der Waals surface area contributed by atoms with E-state index in [1.807, 2.05) is 24.3 Å². The highest BCUT2D eigenvalue weighted by molar-refractivity contribution is 7.17.